The van der Waals surface area contributed by atoms with Crippen molar-refractivity contribution in [2.75, 3.05) is 6.61 Å². The fourth-order valence-electron chi connectivity index (χ4n) is 6.10. The Morgan fingerprint density at radius 3 is 2.58 bits per heavy atom. The van der Waals surface area contributed by atoms with Gasteiger partial charge in [-0.15, -0.1) is 0 Å². The molecule has 0 aromatic heterocycles. The Balaban J connectivity index is 1.26. The zero-order valence-electron chi connectivity index (χ0n) is 20.1. The van der Waals surface area contributed by atoms with Crippen LogP contribution in [0.3, 0.4) is 0 Å². The summed E-state index contributed by atoms with van der Waals surface area (Å²) in [7, 11) is 0. The van der Waals surface area contributed by atoms with E-state index < -0.39 is 36.0 Å². The fraction of sp³-hybridized carbons (Fsp3) is 0.654. The number of carbonyl (C=O) groups excluding carboxylic acids is 3. The summed E-state index contributed by atoms with van der Waals surface area (Å²) in [5.41, 5.74) is 0.968. The van der Waals surface area contributed by atoms with Crippen LogP contribution in [0.5, 0.6) is 0 Å². The van der Waals surface area contributed by atoms with Crippen molar-refractivity contribution >= 4 is 17.7 Å². The first kappa shape index (κ1) is 25.2. The molecule has 3 amide bonds. The minimum atomic E-state index is -2.27. The van der Waals surface area contributed by atoms with Crippen molar-refractivity contribution in [2.24, 2.45) is 5.92 Å². The number of halogens is 3. The molecule has 5 rings (SSSR count). The second-order valence-electron chi connectivity index (χ2n) is 10.4. The van der Waals surface area contributed by atoms with Gasteiger partial charge in [-0.3, -0.25) is 19.7 Å². The van der Waals surface area contributed by atoms with Crippen LogP contribution in [0.25, 0.3) is 0 Å². The second kappa shape index (κ2) is 10.5. The predicted octanol–water partition coefficient (Wildman–Crippen LogP) is 3.09. The van der Waals surface area contributed by atoms with Crippen molar-refractivity contribution in [2.45, 2.75) is 95.0 Å². The number of nitrogens with one attached hydrogen (secondary N) is 2. The van der Waals surface area contributed by atoms with E-state index in [1.54, 1.807) is 12.1 Å². The van der Waals surface area contributed by atoms with E-state index in [-0.39, 0.29) is 54.6 Å². The van der Waals surface area contributed by atoms with E-state index in [1.165, 1.54) is 4.90 Å². The van der Waals surface area contributed by atoms with Crippen LogP contribution in [0, 0.1) is 11.7 Å². The molecular weight excluding hydrogens is 475 g/mol. The number of ether oxygens (including phenoxy) is 1. The highest BCUT2D eigenvalue weighted by Gasteiger charge is 2.41. The summed E-state index contributed by atoms with van der Waals surface area (Å²) in [6.07, 6.45) is 2.32. The average Bonchev–Trinajstić information content (AvgIpc) is 3.19. The van der Waals surface area contributed by atoms with E-state index in [0.29, 0.717) is 44.3 Å². The van der Waals surface area contributed by atoms with Gasteiger partial charge in [-0.2, -0.15) is 0 Å². The Bertz CT molecular complexity index is 1030. The lowest BCUT2D eigenvalue weighted by Gasteiger charge is -2.37. The van der Waals surface area contributed by atoms with Crippen molar-refractivity contribution in [3.05, 3.63) is 34.6 Å². The van der Waals surface area contributed by atoms with Crippen molar-refractivity contribution in [1.29, 1.82) is 0 Å². The van der Waals surface area contributed by atoms with Crippen molar-refractivity contribution < 1.29 is 32.3 Å². The number of fused-ring (bicyclic) bond motifs is 1. The summed E-state index contributed by atoms with van der Waals surface area (Å²) in [6.45, 7) is 0.565. The van der Waals surface area contributed by atoms with Gasteiger partial charge in [0, 0.05) is 48.6 Å². The standard InChI is InChI=1S/C26H32F3N3O4/c27-23-15(5-8-17-18(23)13-32(26(17)35)20-9-10-22(33)31-25(20)34)12-21-19(2-1-11-36-21)30-16-6-3-14(4-7-16)24(28)29/h5,8,14,16,19-21,24,30H,1-4,6-7,9-13H2,(H,31,33,34)/t14?,16?,19-,20?,21+/m0/s1. The molecule has 1 aliphatic carbocycles. The van der Waals surface area contributed by atoms with Crippen LogP contribution in [-0.2, 0) is 27.3 Å². The number of amides is 3. The second-order valence-corrected chi connectivity index (χ2v) is 10.4. The van der Waals surface area contributed by atoms with Crippen LogP contribution in [0.2, 0.25) is 0 Å². The quantitative estimate of drug-likeness (QED) is 0.578. The number of hydrogen-bond acceptors (Lipinski definition) is 5. The summed E-state index contributed by atoms with van der Waals surface area (Å²) in [4.78, 5) is 38.0. The van der Waals surface area contributed by atoms with Crippen molar-refractivity contribution in [3.8, 4) is 0 Å². The Morgan fingerprint density at radius 2 is 1.86 bits per heavy atom. The summed E-state index contributed by atoms with van der Waals surface area (Å²) < 4.78 is 47.6. The molecular formula is C26H32F3N3O4. The molecule has 196 valence electrons. The van der Waals surface area contributed by atoms with Gasteiger partial charge in [-0.1, -0.05) is 6.07 Å². The Morgan fingerprint density at radius 1 is 1.08 bits per heavy atom. The van der Waals surface area contributed by atoms with E-state index in [4.69, 9.17) is 4.74 Å². The van der Waals surface area contributed by atoms with Gasteiger partial charge in [-0.05, 0) is 56.6 Å². The number of carbonyl (C=O) groups is 3. The monoisotopic (exact) mass is 507 g/mol. The van der Waals surface area contributed by atoms with Gasteiger partial charge in [0.15, 0.2) is 0 Å². The van der Waals surface area contributed by atoms with E-state index in [9.17, 15) is 23.2 Å². The molecule has 7 nitrogen and oxygen atoms in total. The molecule has 3 heterocycles. The highest BCUT2D eigenvalue weighted by molar-refractivity contribution is 6.05. The van der Waals surface area contributed by atoms with Crippen molar-refractivity contribution in [3.63, 3.8) is 0 Å². The third kappa shape index (κ3) is 5.02. The molecule has 1 unspecified atom stereocenters. The van der Waals surface area contributed by atoms with E-state index >= 15 is 4.39 Å². The SMILES string of the molecule is O=C1CCC(N2Cc3c(ccc(C[C@H]4OCCC[C@@H]4NC4CCC(C(F)F)CC4)c3F)C2=O)C(=O)N1. The van der Waals surface area contributed by atoms with Crippen LogP contribution in [0.1, 0.15) is 72.9 Å². The number of hydrogen-bond donors (Lipinski definition) is 2. The third-order valence-electron chi connectivity index (χ3n) is 8.17. The Kier molecular flexibility index (Phi) is 7.35. The third-order valence-corrected chi connectivity index (χ3v) is 8.17. The molecule has 3 atom stereocenters. The van der Waals surface area contributed by atoms with E-state index in [2.05, 4.69) is 10.6 Å². The van der Waals surface area contributed by atoms with Gasteiger partial charge in [-0.25, -0.2) is 13.2 Å². The topological polar surface area (TPSA) is 87.7 Å². The number of imide groups is 1. The van der Waals surface area contributed by atoms with Crippen LogP contribution >= 0.6 is 0 Å². The Hall–Kier alpha value is -2.46. The molecule has 4 aliphatic rings. The minimum absolute atomic E-state index is 0.00102. The maximum Gasteiger partial charge on any atom is 0.255 e. The van der Waals surface area contributed by atoms with Crippen LogP contribution in [-0.4, -0.2) is 59.9 Å². The highest BCUT2D eigenvalue weighted by Crippen LogP contribution is 2.33. The van der Waals surface area contributed by atoms with Gasteiger partial charge in [0.2, 0.25) is 18.2 Å². The molecule has 1 aromatic carbocycles. The first-order valence-electron chi connectivity index (χ1n) is 12.9. The molecule has 36 heavy (non-hydrogen) atoms. The molecule has 0 spiro atoms. The van der Waals surface area contributed by atoms with Gasteiger partial charge in [0.25, 0.3) is 5.91 Å². The maximum atomic E-state index is 15.6. The molecule has 1 aromatic rings. The van der Waals surface area contributed by atoms with Gasteiger partial charge in [0.05, 0.1) is 12.6 Å². The van der Waals surface area contributed by atoms with Gasteiger partial charge < -0.3 is 15.0 Å². The molecule has 0 radical (unpaired) electrons. The molecule has 2 saturated heterocycles. The van der Waals surface area contributed by atoms with Gasteiger partial charge >= 0.3 is 0 Å². The number of rotatable bonds is 6. The minimum Gasteiger partial charge on any atom is -0.376 e. The number of alkyl halides is 2. The zero-order chi connectivity index (χ0) is 25.4. The van der Waals surface area contributed by atoms with E-state index in [0.717, 1.165) is 12.8 Å². The molecule has 3 aliphatic heterocycles. The summed E-state index contributed by atoms with van der Waals surface area (Å²) in [5, 5.41) is 5.85. The fourth-order valence-corrected chi connectivity index (χ4v) is 6.10. The average molecular weight is 508 g/mol. The van der Waals surface area contributed by atoms with E-state index in [1.807, 2.05) is 0 Å². The normalized spacial score (nSPS) is 31.1. The maximum absolute atomic E-state index is 15.6. The predicted molar refractivity (Wildman–Crippen MR) is 124 cm³/mol. The number of piperidine rings is 1. The number of benzene rings is 1. The highest BCUT2D eigenvalue weighted by atomic mass is 19.3. The molecule has 10 heteroatoms. The largest absolute Gasteiger partial charge is 0.376 e. The molecule has 1 saturated carbocycles. The van der Waals surface area contributed by atoms with Crippen LogP contribution < -0.4 is 10.6 Å². The van der Waals surface area contributed by atoms with Gasteiger partial charge in [0.1, 0.15) is 11.9 Å². The summed E-state index contributed by atoms with van der Waals surface area (Å²) >= 11 is 0. The summed E-state index contributed by atoms with van der Waals surface area (Å²) in [5.74, 6) is -2.28. The lowest BCUT2D eigenvalue weighted by molar-refractivity contribution is -0.136. The molecule has 3 fully saturated rings. The van der Waals surface area contributed by atoms with Crippen LogP contribution in [0.15, 0.2) is 12.1 Å². The smallest absolute Gasteiger partial charge is 0.255 e. The lowest BCUT2D eigenvalue weighted by atomic mass is 9.85. The number of nitrogens with zero attached hydrogens (tertiary/aromatic N) is 1. The molecule has 2 N–H and O–H groups in total. The Labute approximate surface area is 208 Å². The first-order valence-corrected chi connectivity index (χ1v) is 12.9. The van der Waals surface area contributed by atoms with Crippen molar-refractivity contribution in [1.82, 2.24) is 15.5 Å². The first-order chi connectivity index (χ1) is 17.3. The zero-order valence-corrected chi connectivity index (χ0v) is 20.1. The lowest BCUT2D eigenvalue weighted by Crippen LogP contribution is -2.52. The molecule has 0 bridgehead atoms. The van der Waals surface area contributed by atoms with Crippen LogP contribution in [0.4, 0.5) is 13.2 Å². The summed E-state index contributed by atoms with van der Waals surface area (Å²) in [6, 6.07) is 2.59.